The fourth-order valence-corrected chi connectivity index (χ4v) is 22.7. The van der Waals surface area contributed by atoms with Crippen LogP contribution in [0.1, 0.15) is 54.4 Å². The van der Waals surface area contributed by atoms with Gasteiger partial charge in [-0.3, -0.25) is 0 Å². The number of rotatable bonds is 2. The minimum absolute atomic E-state index is 0. The van der Waals surface area contributed by atoms with E-state index in [1.54, 1.807) is 33.4 Å². The summed E-state index contributed by atoms with van der Waals surface area (Å²) in [5.41, 5.74) is 9.64. The third-order valence-corrected chi connectivity index (χ3v) is 22.9. The fraction of sp³-hybridized carbons (Fsp3) is 0.556. The smallest absolute Gasteiger partial charge is 1.00 e. The van der Waals surface area contributed by atoms with E-state index < -0.39 is 20.4 Å². The van der Waals surface area contributed by atoms with Crippen LogP contribution < -0.4 is 24.8 Å². The second-order valence-corrected chi connectivity index (χ2v) is 23.9. The van der Waals surface area contributed by atoms with Crippen LogP contribution in [0, 0.1) is 0 Å². The molecule has 0 aromatic carbocycles. The van der Waals surface area contributed by atoms with Crippen LogP contribution in [0.4, 0.5) is 0 Å². The molecule has 0 radical (unpaired) electrons. The molecule has 0 N–H and O–H groups in total. The topological polar surface area (TPSA) is 0 Å². The third kappa shape index (κ3) is 4.00. The first-order valence-electron chi connectivity index (χ1n) is 7.66. The van der Waals surface area contributed by atoms with Crippen molar-refractivity contribution in [2.75, 3.05) is 0 Å². The van der Waals surface area contributed by atoms with Crippen LogP contribution in [0.15, 0.2) is 40.0 Å². The van der Waals surface area contributed by atoms with Gasteiger partial charge in [-0.25, -0.2) is 0 Å². The van der Waals surface area contributed by atoms with Gasteiger partial charge >= 0.3 is 133 Å². The second-order valence-electron chi connectivity index (χ2n) is 6.75. The molecular weight excluding hydrogens is 406 g/mol. The summed E-state index contributed by atoms with van der Waals surface area (Å²) in [6, 6.07) is 0. The summed E-state index contributed by atoms with van der Waals surface area (Å²) in [6.07, 6.45) is 2.61. The Kier molecular flexibility index (Phi) is 8.90. The van der Waals surface area contributed by atoms with Gasteiger partial charge in [0.15, 0.2) is 0 Å². The van der Waals surface area contributed by atoms with E-state index in [1.165, 1.54) is 12.8 Å². The molecular formula is C18H28Cl2SiZr. The molecule has 0 aliphatic heterocycles. The van der Waals surface area contributed by atoms with Gasteiger partial charge in [0.25, 0.3) is 0 Å². The van der Waals surface area contributed by atoms with E-state index in [4.69, 9.17) is 0 Å². The zero-order valence-corrected chi connectivity index (χ0v) is 20.1. The molecule has 22 heavy (non-hydrogen) atoms. The van der Waals surface area contributed by atoms with Crippen molar-refractivity contribution >= 4 is 5.43 Å². The first kappa shape index (κ1) is 22.6. The monoisotopic (exact) mass is 432 g/mol. The van der Waals surface area contributed by atoms with Crippen LogP contribution in [-0.4, -0.2) is 5.43 Å². The molecule has 0 spiro atoms. The minimum atomic E-state index is -1.59. The number of hydrogen-bond donors (Lipinski definition) is 0. The van der Waals surface area contributed by atoms with E-state index in [1.807, 2.05) is 6.56 Å². The fourth-order valence-electron chi connectivity index (χ4n) is 3.49. The third-order valence-electron chi connectivity index (χ3n) is 5.30. The molecule has 0 aromatic heterocycles. The van der Waals surface area contributed by atoms with Crippen molar-refractivity contribution in [3.05, 3.63) is 40.0 Å². The number of allylic oxidation sites excluding steroid dienone is 8. The van der Waals surface area contributed by atoms with Crippen molar-refractivity contribution in [2.45, 2.75) is 67.5 Å². The quantitative estimate of drug-likeness (QED) is 0.532. The molecule has 0 fully saturated rings. The molecule has 0 saturated heterocycles. The van der Waals surface area contributed by atoms with Crippen molar-refractivity contribution in [3.8, 4) is 0 Å². The summed E-state index contributed by atoms with van der Waals surface area (Å²) in [6.45, 7) is 19.3. The van der Waals surface area contributed by atoms with Crippen LogP contribution in [0.2, 0.25) is 13.1 Å². The van der Waals surface area contributed by atoms with Gasteiger partial charge in [-0.05, 0) is 0 Å². The molecule has 4 heteroatoms. The van der Waals surface area contributed by atoms with Crippen LogP contribution in [0.3, 0.4) is 0 Å². The molecule has 0 nitrogen and oxygen atoms in total. The van der Waals surface area contributed by atoms with Crippen molar-refractivity contribution in [3.63, 3.8) is 0 Å². The zero-order valence-electron chi connectivity index (χ0n) is 15.2. The molecule has 0 bridgehead atoms. The minimum Gasteiger partial charge on any atom is -1.00 e. The number of halogens is 2. The maximum Gasteiger partial charge on any atom is -1.00 e. The molecule has 2 rings (SSSR count). The molecule has 0 unspecified atom stereocenters. The average molecular weight is 435 g/mol. The van der Waals surface area contributed by atoms with Gasteiger partial charge in [0.2, 0.25) is 0 Å². The van der Waals surface area contributed by atoms with Gasteiger partial charge in [-0.15, -0.1) is 0 Å². The largest absolute Gasteiger partial charge is 1.00 e. The summed E-state index contributed by atoms with van der Waals surface area (Å²) in [5.74, 6) is 0. The number of hydrogen-bond acceptors (Lipinski definition) is 0. The van der Waals surface area contributed by atoms with Crippen molar-refractivity contribution < 1.29 is 45.2 Å². The van der Waals surface area contributed by atoms with Crippen molar-refractivity contribution in [1.29, 1.82) is 0 Å². The van der Waals surface area contributed by atoms with Crippen LogP contribution in [0.25, 0.3) is 0 Å². The molecule has 0 atom stereocenters. The standard InChI is InChI=1S/2C8H11.C2H6Si.2ClH.Zr/c2*1-6-4-5-7(2)8(6)3;1-3-2;;;/h2*4H2,1-3H3;1-2H3;2*1H;/q;;;;;+2/p-2. The first-order valence-corrected chi connectivity index (χ1v) is 16.3. The Bertz CT molecular complexity index is 592. The van der Waals surface area contributed by atoms with Crippen LogP contribution >= 0.6 is 0 Å². The van der Waals surface area contributed by atoms with Gasteiger partial charge in [0, 0.05) is 0 Å². The summed E-state index contributed by atoms with van der Waals surface area (Å²) in [5, 5.41) is 0. The van der Waals surface area contributed by atoms with E-state index in [2.05, 4.69) is 54.6 Å². The van der Waals surface area contributed by atoms with E-state index in [0.717, 1.165) is 0 Å². The van der Waals surface area contributed by atoms with E-state index in [-0.39, 0.29) is 30.2 Å². The molecule has 122 valence electrons. The van der Waals surface area contributed by atoms with E-state index in [9.17, 15) is 0 Å². The van der Waals surface area contributed by atoms with Gasteiger partial charge < -0.3 is 24.8 Å². The Morgan fingerprint density at radius 1 is 0.636 bits per heavy atom. The second kappa shape index (κ2) is 8.65. The van der Waals surface area contributed by atoms with Gasteiger partial charge in [-0.1, -0.05) is 0 Å². The summed E-state index contributed by atoms with van der Waals surface area (Å²) in [4.78, 5) is 0. The summed E-state index contributed by atoms with van der Waals surface area (Å²) >= 11 is -1.59. The summed E-state index contributed by atoms with van der Waals surface area (Å²) in [7, 11) is 0. The first-order chi connectivity index (χ1) is 9.25. The van der Waals surface area contributed by atoms with Gasteiger partial charge in [-0.2, -0.15) is 0 Å². The Morgan fingerprint density at radius 3 is 1.14 bits per heavy atom. The molecule has 0 amide bonds. The molecule has 0 heterocycles. The van der Waals surface area contributed by atoms with Crippen molar-refractivity contribution in [1.82, 2.24) is 0 Å². The summed E-state index contributed by atoms with van der Waals surface area (Å²) < 4.78 is 3.86. The van der Waals surface area contributed by atoms with E-state index in [0.29, 0.717) is 0 Å². The Hall–Kier alpha value is 0.640. The zero-order chi connectivity index (χ0) is 15.2. The predicted octanol–water partition coefficient (Wildman–Crippen LogP) is -0.108. The van der Waals surface area contributed by atoms with Crippen LogP contribution in [-0.2, 0) is 20.4 Å². The van der Waals surface area contributed by atoms with Crippen molar-refractivity contribution in [2.24, 2.45) is 0 Å². The van der Waals surface area contributed by atoms with E-state index >= 15 is 0 Å². The Morgan fingerprint density at radius 2 is 0.955 bits per heavy atom. The van der Waals surface area contributed by atoms with Gasteiger partial charge in [0.1, 0.15) is 0 Å². The SMILES string of the molecule is CC1=C(C)C(C)=[C]([Zr+2]([C]2=C(C)C(C)=C(C)C2)=[Si](C)C)C1.[Cl-].[Cl-]. The normalized spacial score (nSPS) is 17.6. The predicted molar refractivity (Wildman–Crippen MR) is 88.9 cm³/mol. The maximum absolute atomic E-state index is 2.58. The Balaban J connectivity index is 0.00000220. The van der Waals surface area contributed by atoms with Gasteiger partial charge in [0.05, 0.1) is 0 Å². The molecule has 2 aliphatic carbocycles. The van der Waals surface area contributed by atoms with Crippen LogP contribution in [0.5, 0.6) is 0 Å². The molecule has 0 saturated carbocycles. The average Bonchev–Trinajstić information content (AvgIpc) is 2.76. The maximum atomic E-state index is 2.58. The molecule has 2 aliphatic rings. The molecule has 0 aromatic rings. The Labute approximate surface area is 157 Å².